The van der Waals surface area contributed by atoms with E-state index < -0.39 is 10.7 Å². The number of hydrogen-bond acceptors (Lipinski definition) is 5. The fourth-order valence-electron chi connectivity index (χ4n) is 1.63. The van der Waals surface area contributed by atoms with Crippen molar-refractivity contribution in [1.82, 2.24) is 9.38 Å². The fourth-order valence-corrected chi connectivity index (χ4v) is 2.33. The normalized spacial score (nSPS) is 10.8. The maximum Gasteiger partial charge on any atom is 0.393 e. The van der Waals surface area contributed by atoms with Crippen LogP contribution in [0, 0.1) is 15.9 Å². The SMILES string of the molecule is O=[N+]([O-])c1c(Oc2cccc(F)c2)nc2sccn12. The van der Waals surface area contributed by atoms with Crippen LogP contribution in [0.25, 0.3) is 4.96 Å². The Morgan fingerprint density at radius 2 is 2.32 bits per heavy atom. The average Bonchev–Trinajstić information content (AvgIpc) is 2.88. The van der Waals surface area contributed by atoms with E-state index in [0.717, 1.165) is 6.07 Å². The van der Waals surface area contributed by atoms with E-state index in [-0.39, 0.29) is 17.4 Å². The van der Waals surface area contributed by atoms with Crippen molar-refractivity contribution in [1.29, 1.82) is 0 Å². The van der Waals surface area contributed by atoms with Gasteiger partial charge in [0.05, 0.1) is 0 Å². The van der Waals surface area contributed by atoms with Crippen molar-refractivity contribution in [2.75, 3.05) is 0 Å². The van der Waals surface area contributed by atoms with Crippen molar-refractivity contribution < 1.29 is 14.1 Å². The first-order valence-corrected chi connectivity index (χ1v) is 6.06. The molecule has 0 saturated heterocycles. The predicted molar refractivity (Wildman–Crippen MR) is 66.2 cm³/mol. The molecule has 2 heterocycles. The Bertz CT molecular complexity index is 767. The summed E-state index contributed by atoms with van der Waals surface area (Å²) in [5.74, 6) is -0.752. The molecule has 96 valence electrons. The fraction of sp³-hybridized carbons (Fsp3) is 0. The molecular weight excluding hydrogens is 273 g/mol. The van der Waals surface area contributed by atoms with Crippen LogP contribution in [0.1, 0.15) is 0 Å². The monoisotopic (exact) mass is 279 g/mol. The molecule has 3 rings (SSSR count). The number of fused-ring (bicyclic) bond motifs is 1. The van der Waals surface area contributed by atoms with Gasteiger partial charge in [-0.1, -0.05) is 17.4 Å². The number of halogens is 1. The highest BCUT2D eigenvalue weighted by Crippen LogP contribution is 2.33. The smallest absolute Gasteiger partial charge is 0.393 e. The highest BCUT2D eigenvalue weighted by atomic mass is 32.1. The molecule has 3 aromatic rings. The quantitative estimate of drug-likeness (QED) is 0.545. The van der Waals surface area contributed by atoms with Gasteiger partial charge in [0.1, 0.15) is 17.8 Å². The highest BCUT2D eigenvalue weighted by molar-refractivity contribution is 7.15. The summed E-state index contributed by atoms with van der Waals surface area (Å²) >= 11 is 1.25. The lowest BCUT2D eigenvalue weighted by atomic mass is 10.3. The number of benzene rings is 1. The third-order valence-corrected chi connectivity index (χ3v) is 3.15. The van der Waals surface area contributed by atoms with Gasteiger partial charge in [-0.25, -0.2) is 4.39 Å². The number of hydrogen-bond donors (Lipinski definition) is 0. The first-order valence-electron chi connectivity index (χ1n) is 5.18. The van der Waals surface area contributed by atoms with Crippen LogP contribution < -0.4 is 4.74 Å². The molecule has 0 saturated carbocycles. The van der Waals surface area contributed by atoms with E-state index in [4.69, 9.17) is 4.74 Å². The van der Waals surface area contributed by atoms with E-state index >= 15 is 0 Å². The maximum absolute atomic E-state index is 13.0. The molecule has 0 fully saturated rings. The van der Waals surface area contributed by atoms with Crippen LogP contribution >= 0.6 is 11.3 Å². The van der Waals surface area contributed by atoms with Crippen molar-refractivity contribution in [2.45, 2.75) is 0 Å². The first-order chi connectivity index (χ1) is 9.15. The average molecular weight is 279 g/mol. The molecule has 8 heteroatoms. The summed E-state index contributed by atoms with van der Waals surface area (Å²) in [5.41, 5.74) is 0. The summed E-state index contributed by atoms with van der Waals surface area (Å²) in [6, 6.07) is 5.35. The Kier molecular flexibility index (Phi) is 2.64. The molecule has 0 aliphatic carbocycles. The van der Waals surface area contributed by atoms with E-state index in [2.05, 4.69) is 4.98 Å². The number of imidazole rings is 1. The Hall–Kier alpha value is -2.48. The molecule has 0 unspecified atom stereocenters. The van der Waals surface area contributed by atoms with Gasteiger partial charge in [0.15, 0.2) is 0 Å². The molecule has 0 radical (unpaired) electrons. The molecule has 1 aromatic carbocycles. The van der Waals surface area contributed by atoms with Crippen LogP contribution in [0.4, 0.5) is 10.2 Å². The summed E-state index contributed by atoms with van der Waals surface area (Å²) in [6.07, 6.45) is 1.53. The lowest BCUT2D eigenvalue weighted by Gasteiger charge is -2.02. The molecular formula is C11H6FN3O3S. The summed E-state index contributed by atoms with van der Waals surface area (Å²) in [4.78, 5) is 14.9. The molecule has 0 aliphatic heterocycles. The second-order valence-corrected chi connectivity index (χ2v) is 4.49. The third kappa shape index (κ3) is 2.02. The van der Waals surface area contributed by atoms with Crippen molar-refractivity contribution in [3.8, 4) is 11.6 Å². The molecule has 0 amide bonds. The van der Waals surface area contributed by atoms with E-state index in [1.165, 1.54) is 40.1 Å². The van der Waals surface area contributed by atoms with Crippen LogP contribution in [0.15, 0.2) is 35.8 Å². The van der Waals surface area contributed by atoms with E-state index in [9.17, 15) is 14.5 Å². The van der Waals surface area contributed by atoms with Crippen molar-refractivity contribution in [3.05, 3.63) is 51.8 Å². The number of aromatic nitrogens is 2. The van der Waals surface area contributed by atoms with Gasteiger partial charge in [-0.15, -0.1) is 0 Å². The molecule has 0 atom stereocenters. The van der Waals surface area contributed by atoms with E-state index in [1.54, 1.807) is 5.38 Å². The number of rotatable bonds is 3. The lowest BCUT2D eigenvalue weighted by Crippen LogP contribution is -1.95. The van der Waals surface area contributed by atoms with Gasteiger partial charge in [-0.3, -0.25) is 0 Å². The Morgan fingerprint density at radius 3 is 3.05 bits per heavy atom. The van der Waals surface area contributed by atoms with Crippen molar-refractivity contribution >= 4 is 22.1 Å². The number of nitro groups is 1. The molecule has 6 nitrogen and oxygen atoms in total. The largest absolute Gasteiger partial charge is 0.432 e. The first kappa shape index (κ1) is 11.6. The summed E-state index contributed by atoms with van der Waals surface area (Å²) in [6.45, 7) is 0. The number of thiazole rings is 1. The second kappa shape index (κ2) is 4.32. The van der Waals surface area contributed by atoms with Crippen molar-refractivity contribution in [2.24, 2.45) is 0 Å². The van der Waals surface area contributed by atoms with Gasteiger partial charge in [0.2, 0.25) is 0 Å². The van der Waals surface area contributed by atoms with Gasteiger partial charge in [-0.05, 0) is 17.1 Å². The zero-order valence-electron chi connectivity index (χ0n) is 9.32. The molecule has 2 aromatic heterocycles. The topological polar surface area (TPSA) is 69.7 Å². The third-order valence-electron chi connectivity index (χ3n) is 2.39. The highest BCUT2D eigenvalue weighted by Gasteiger charge is 2.25. The Labute approximate surface area is 109 Å². The van der Waals surface area contributed by atoms with Crippen LogP contribution in [0.5, 0.6) is 11.6 Å². The van der Waals surface area contributed by atoms with E-state index in [1.807, 2.05) is 0 Å². The zero-order chi connectivity index (χ0) is 13.4. The van der Waals surface area contributed by atoms with Crippen LogP contribution in [-0.2, 0) is 0 Å². The maximum atomic E-state index is 13.0. The standard InChI is InChI=1S/C11H6FN3O3S/c12-7-2-1-3-8(6-7)18-9-10(15(16)17)14-4-5-19-11(14)13-9/h1-6H. The Morgan fingerprint density at radius 1 is 1.47 bits per heavy atom. The summed E-state index contributed by atoms with van der Waals surface area (Å²) in [7, 11) is 0. The Balaban J connectivity index is 2.07. The molecule has 19 heavy (non-hydrogen) atoms. The van der Waals surface area contributed by atoms with Crippen LogP contribution in [-0.4, -0.2) is 14.3 Å². The number of nitrogens with zero attached hydrogens (tertiary/aromatic N) is 3. The van der Waals surface area contributed by atoms with Gasteiger partial charge in [0, 0.05) is 11.4 Å². The molecule has 0 bridgehead atoms. The predicted octanol–water partition coefficient (Wildman–Crippen LogP) is 3.24. The minimum atomic E-state index is -0.582. The van der Waals surface area contributed by atoms with E-state index in [0.29, 0.717) is 4.96 Å². The van der Waals surface area contributed by atoms with Crippen LogP contribution in [0.2, 0.25) is 0 Å². The van der Waals surface area contributed by atoms with Gasteiger partial charge in [0.25, 0.3) is 4.96 Å². The molecule has 0 spiro atoms. The van der Waals surface area contributed by atoms with Crippen molar-refractivity contribution in [3.63, 3.8) is 0 Å². The minimum Gasteiger partial charge on any atom is -0.432 e. The van der Waals surface area contributed by atoms with Gasteiger partial charge in [-0.2, -0.15) is 9.38 Å². The summed E-state index contributed by atoms with van der Waals surface area (Å²) < 4.78 is 19.6. The molecule has 0 aliphatic rings. The van der Waals surface area contributed by atoms with Gasteiger partial charge >= 0.3 is 11.7 Å². The zero-order valence-corrected chi connectivity index (χ0v) is 10.1. The minimum absolute atomic E-state index is 0.151. The second-order valence-electron chi connectivity index (χ2n) is 3.61. The molecule has 0 N–H and O–H groups in total. The van der Waals surface area contributed by atoms with Gasteiger partial charge < -0.3 is 14.9 Å². The van der Waals surface area contributed by atoms with Crippen LogP contribution in [0.3, 0.4) is 0 Å². The lowest BCUT2D eigenvalue weighted by molar-refractivity contribution is -0.391. The number of ether oxygens (including phenoxy) is 1. The summed E-state index contributed by atoms with van der Waals surface area (Å²) in [5, 5.41) is 12.7.